The molecule has 1 aliphatic carbocycles. The summed E-state index contributed by atoms with van der Waals surface area (Å²) in [6.07, 6.45) is 5.02. The minimum Gasteiger partial charge on any atom is -0.348 e. The molecule has 2 N–H and O–H groups in total. The fourth-order valence-corrected chi connectivity index (χ4v) is 2.31. The predicted octanol–water partition coefficient (Wildman–Crippen LogP) is 0.912. The van der Waals surface area contributed by atoms with Crippen molar-refractivity contribution in [1.82, 2.24) is 20.4 Å². The molecule has 0 saturated carbocycles. The normalized spacial score (nSPS) is 19.4. The van der Waals surface area contributed by atoms with Crippen molar-refractivity contribution in [3.05, 3.63) is 17.5 Å². The Morgan fingerprint density at radius 2 is 2.28 bits per heavy atom. The molecule has 2 rings (SSSR count). The Kier molecular flexibility index (Phi) is 3.43. The Bertz CT molecular complexity index is 450. The summed E-state index contributed by atoms with van der Waals surface area (Å²) in [4.78, 5) is 12.2. The standard InChI is InChI=1S/C13H22N4O/c1-13(2,14-3)12(18)16-10-6-5-7-11-9(10)8-15-17(11)4/h8,10,14H,5-7H2,1-4H3,(H,16,18). The molecule has 0 bridgehead atoms. The number of nitrogens with one attached hydrogen (secondary N) is 2. The number of hydrogen-bond acceptors (Lipinski definition) is 3. The van der Waals surface area contributed by atoms with Crippen LogP contribution in [0.25, 0.3) is 0 Å². The number of fused-ring (bicyclic) bond motifs is 1. The lowest BCUT2D eigenvalue weighted by Crippen LogP contribution is -2.52. The van der Waals surface area contributed by atoms with Gasteiger partial charge in [-0.25, -0.2) is 0 Å². The summed E-state index contributed by atoms with van der Waals surface area (Å²) in [5.41, 5.74) is 1.87. The summed E-state index contributed by atoms with van der Waals surface area (Å²) in [6, 6.07) is 0.0996. The van der Waals surface area contributed by atoms with E-state index in [2.05, 4.69) is 15.7 Å². The van der Waals surface area contributed by atoms with Crippen molar-refractivity contribution in [2.24, 2.45) is 7.05 Å². The largest absolute Gasteiger partial charge is 0.348 e. The van der Waals surface area contributed by atoms with Gasteiger partial charge in [0.15, 0.2) is 0 Å². The van der Waals surface area contributed by atoms with Crippen molar-refractivity contribution in [1.29, 1.82) is 0 Å². The van der Waals surface area contributed by atoms with E-state index in [9.17, 15) is 4.79 Å². The number of amides is 1. The van der Waals surface area contributed by atoms with Crippen LogP contribution in [0, 0.1) is 0 Å². The average Bonchev–Trinajstić information content (AvgIpc) is 2.72. The van der Waals surface area contributed by atoms with Gasteiger partial charge in [0.2, 0.25) is 5.91 Å². The Balaban J connectivity index is 2.15. The summed E-state index contributed by atoms with van der Waals surface area (Å²) in [6.45, 7) is 3.77. The van der Waals surface area contributed by atoms with E-state index in [-0.39, 0.29) is 11.9 Å². The lowest BCUT2D eigenvalue weighted by atomic mass is 9.92. The topological polar surface area (TPSA) is 59.0 Å². The van der Waals surface area contributed by atoms with Gasteiger partial charge in [-0.15, -0.1) is 0 Å². The van der Waals surface area contributed by atoms with Gasteiger partial charge in [-0.05, 0) is 40.2 Å². The lowest BCUT2D eigenvalue weighted by Gasteiger charge is -2.29. The number of carbonyl (C=O) groups excluding carboxylic acids is 1. The summed E-state index contributed by atoms with van der Waals surface area (Å²) >= 11 is 0. The van der Waals surface area contributed by atoms with Crippen LogP contribution in [0.1, 0.15) is 44.0 Å². The van der Waals surface area contributed by atoms with E-state index < -0.39 is 5.54 Å². The van der Waals surface area contributed by atoms with E-state index in [1.807, 2.05) is 31.8 Å². The van der Waals surface area contributed by atoms with Gasteiger partial charge >= 0.3 is 0 Å². The van der Waals surface area contributed by atoms with Crippen LogP contribution in [0.15, 0.2) is 6.20 Å². The minimum absolute atomic E-state index is 0.0340. The molecule has 5 nitrogen and oxygen atoms in total. The summed E-state index contributed by atoms with van der Waals surface area (Å²) in [5, 5.41) is 10.4. The van der Waals surface area contributed by atoms with E-state index in [0.29, 0.717) is 0 Å². The van der Waals surface area contributed by atoms with Crippen LogP contribution in [0.3, 0.4) is 0 Å². The molecule has 100 valence electrons. The van der Waals surface area contributed by atoms with Crippen molar-refractivity contribution in [2.75, 3.05) is 7.05 Å². The zero-order valence-corrected chi connectivity index (χ0v) is 11.6. The molecule has 5 heteroatoms. The van der Waals surface area contributed by atoms with Crippen LogP contribution in [-0.2, 0) is 18.3 Å². The Morgan fingerprint density at radius 3 is 2.94 bits per heavy atom. The maximum atomic E-state index is 12.2. The van der Waals surface area contributed by atoms with Gasteiger partial charge in [0.05, 0.1) is 17.8 Å². The molecular formula is C13H22N4O. The van der Waals surface area contributed by atoms with E-state index in [1.54, 1.807) is 7.05 Å². The third kappa shape index (κ3) is 2.27. The molecule has 0 aromatic carbocycles. The highest BCUT2D eigenvalue weighted by Gasteiger charge is 2.30. The maximum absolute atomic E-state index is 12.2. The van der Waals surface area contributed by atoms with E-state index in [4.69, 9.17) is 0 Å². The lowest BCUT2D eigenvalue weighted by molar-refractivity contribution is -0.127. The van der Waals surface area contributed by atoms with Crippen LogP contribution >= 0.6 is 0 Å². The molecule has 0 saturated heterocycles. The second-order valence-electron chi connectivity index (χ2n) is 5.46. The quantitative estimate of drug-likeness (QED) is 0.838. The number of hydrogen-bond donors (Lipinski definition) is 2. The molecule has 1 aromatic rings. The predicted molar refractivity (Wildman–Crippen MR) is 70.2 cm³/mol. The SMILES string of the molecule is CNC(C)(C)C(=O)NC1CCCc2c1cnn2C. The van der Waals surface area contributed by atoms with E-state index in [1.165, 1.54) is 11.3 Å². The zero-order chi connectivity index (χ0) is 13.3. The molecule has 1 aliphatic rings. The van der Waals surface area contributed by atoms with E-state index in [0.717, 1.165) is 19.3 Å². The molecule has 1 heterocycles. The van der Waals surface area contributed by atoms with Crippen molar-refractivity contribution >= 4 is 5.91 Å². The first-order valence-corrected chi connectivity index (χ1v) is 6.46. The average molecular weight is 250 g/mol. The summed E-state index contributed by atoms with van der Waals surface area (Å²) in [7, 11) is 3.76. The third-order valence-corrected chi connectivity index (χ3v) is 3.87. The van der Waals surface area contributed by atoms with Crippen molar-refractivity contribution in [3.63, 3.8) is 0 Å². The van der Waals surface area contributed by atoms with Gasteiger partial charge in [-0.1, -0.05) is 0 Å². The number of aryl methyl sites for hydroxylation is 1. The van der Waals surface area contributed by atoms with Crippen molar-refractivity contribution in [2.45, 2.75) is 44.7 Å². The van der Waals surface area contributed by atoms with Gasteiger partial charge in [-0.3, -0.25) is 9.48 Å². The number of carbonyl (C=O) groups is 1. The number of rotatable bonds is 3. The van der Waals surface area contributed by atoms with Gasteiger partial charge < -0.3 is 10.6 Å². The Morgan fingerprint density at radius 1 is 1.56 bits per heavy atom. The Labute approximate surface area is 108 Å². The molecule has 0 spiro atoms. The first kappa shape index (κ1) is 13.1. The van der Waals surface area contributed by atoms with Gasteiger partial charge in [0.25, 0.3) is 0 Å². The van der Waals surface area contributed by atoms with Crippen LogP contribution in [0.5, 0.6) is 0 Å². The number of aromatic nitrogens is 2. The molecule has 1 aromatic heterocycles. The summed E-state index contributed by atoms with van der Waals surface area (Å²) < 4.78 is 1.91. The number of likely N-dealkylation sites (N-methyl/N-ethyl adjacent to an activating group) is 1. The van der Waals surface area contributed by atoms with Crippen LogP contribution in [0.4, 0.5) is 0 Å². The second-order valence-corrected chi connectivity index (χ2v) is 5.46. The highest BCUT2D eigenvalue weighted by atomic mass is 16.2. The first-order chi connectivity index (χ1) is 8.45. The number of nitrogens with zero attached hydrogens (tertiary/aromatic N) is 2. The highest BCUT2D eigenvalue weighted by Crippen LogP contribution is 2.29. The monoisotopic (exact) mass is 250 g/mol. The van der Waals surface area contributed by atoms with Gasteiger partial charge in [-0.2, -0.15) is 5.10 Å². The highest BCUT2D eigenvalue weighted by molar-refractivity contribution is 5.85. The fourth-order valence-electron chi connectivity index (χ4n) is 2.31. The molecule has 1 amide bonds. The third-order valence-electron chi connectivity index (χ3n) is 3.87. The second kappa shape index (κ2) is 4.72. The van der Waals surface area contributed by atoms with Gasteiger partial charge in [0.1, 0.15) is 0 Å². The fraction of sp³-hybridized carbons (Fsp3) is 0.692. The molecule has 1 unspecified atom stereocenters. The van der Waals surface area contributed by atoms with Crippen LogP contribution < -0.4 is 10.6 Å². The van der Waals surface area contributed by atoms with Crippen LogP contribution in [0.2, 0.25) is 0 Å². The zero-order valence-electron chi connectivity index (χ0n) is 11.6. The minimum atomic E-state index is -0.542. The Hall–Kier alpha value is -1.36. The maximum Gasteiger partial charge on any atom is 0.240 e. The molecule has 1 atom stereocenters. The molecular weight excluding hydrogens is 228 g/mol. The van der Waals surface area contributed by atoms with Gasteiger partial charge in [0, 0.05) is 18.3 Å². The first-order valence-electron chi connectivity index (χ1n) is 6.46. The van der Waals surface area contributed by atoms with E-state index >= 15 is 0 Å². The molecule has 0 radical (unpaired) electrons. The van der Waals surface area contributed by atoms with Crippen molar-refractivity contribution in [3.8, 4) is 0 Å². The smallest absolute Gasteiger partial charge is 0.240 e. The van der Waals surface area contributed by atoms with Crippen molar-refractivity contribution < 1.29 is 4.79 Å². The van der Waals surface area contributed by atoms with Crippen LogP contribution in [-0.4, -0.2) is 28.3 Å². The molecule has 0 aliphatic heterocycles. The molecule has 18 heavy (non-hydrogen) atoms. The summed E-state index contributed by atoms with van der Waals surface area (Å²) in [5.74, 6) is 0.0340. The molecule has 0 fully saturated rings.